The normalized spacial score (nSPS) is 12.6. The number of hydrogen-bond donors (Lipinski definition) is 2. The lowest BCUT2D eigenvalue weighted by Crippen LogP contribution is -2.43. The lowest BCUT2D eigenvalue weighted by atomic mass is 10.3. The molecule has 0 spiro atoms. The fourth-order valence-corrected chi connectivity index (χ4v) is 1.35. The third-order valence-corrected chi connectivity index (χ3v) is 2.35. The van der Waals surface area contributed by atoms with Crippen molar-refractivity contribution in [3.63, 3.8) is 0 Å². The maximum atomic E-state index is 11.8. The molecule has 0 saturated carbocycles. The van der Waals surface area contributed by atoms with Crippen LogP contribution >= 0.6 is 0 Å². The van der Waals surface area contributed by atoms with Crippen LogP contribution in [0.4, 0.5) is 8.78 Å². The van der Waals surface area contributed by atoms with E-state index in [4.69, 9.17) is 4.42 Å². The van der Waals surface area contributed by atoms with E-state index in [0.29, 0.717) is 18.8 Å². The van der Waals surface area contributed by atoms with Crippen LogP contribution in [0.1, 0.15) is 12.7 Å². The van der Waals surface area contributed by atoms with Gasteiger partial charge in [0.25, 0.3) is 6.43 Å². The van der Waals surface area contributed by atoms with Gasteiger partial charge in [-0.25, -0.2) is 8.78 Å². The summed E-state index contributed by atoms with van der Waals surface area (Å²) >= 11 is 0. The van der Waals surface area contributed by atoms with Crippen molar-refractivity contribution < 1.29 is 22.7 Å². The number of nitrogens with one attached hydrogen (secondary N) is 2. The Kier molecular flexibility index (Phi) is 7.06. The standard InChI is InChI=1S/C12H18F2N2O3/c1-9(15-4-6-18-8-11(13)14)12(17)16-7-10-3-2-5-19-10/h2-3,5,9,11,15H,4,6-8H2,1H3,(H,16,17). The van der Waals surface area contributed by atoms with Crippen molar-refractivity contribution >= 4 is 5.91 Å². The molecule has 1 aromatic heterocycles. The molecular weight excluding hydrogens is 258 g/mol. The summed E-state index contributed by atoms with van der Waals surface area (Å²) in [6.45, 7) is 1.90. The first-order chi connectivity index (χ1) is 9.09. The molecule has 1 aromatic rings. The number of hydrogen-bond acceptors (Lipinski definition) is 4. The van der Waals surface area contributed by atoms with E-state index in [9.17, 15) is 13.6 Å². The number of carbonyl (C=O) groups excluding carboxylic acids is 1. The molecule has 2 N–H and O–H groups in total. The number of amides is 1. The number of ether oxygens (including phenoxy) is 1. The summed E-state index contributed by atoms with van der Waals surface area (Å²) < 4.78 is 33.3. The van der Waals surface area contributed by atoms with Gasteiger partial charge >= 0.3 is 0 Å². The molecule has 7 heteroatoms. The third kappa shape index (κ3) is 6.88. The zero-order valence-corrected chi connectivity index (χ0v) is 10.7. The van der Waals surface area contributed by atoms with Gasteiger partial charge in [-0.05, 0) is 19.1 Å². The zero-order valence-electron chi connectivity index (χ0n) is 10.7. The van der Waals surface area contributed by atoms with E-state index >= 15 is 0 Å². The van der Waals surface area contributed by atoms with Gasteiger partial charge in [-0.3, -0.25) is 4.79 Å². The Labute approximate surface area is 110 Å². The highest BCUT2D eigenvalue weighted by Gasteiger charge is 2.11. The van der Waals surface area contributed by atoms with Gasteiger partial charge in [0.1, 0.15) is 12.4 Å². The van der Waals surface area contributed by atoms with E-state index < -0.39 is 19.1 Å². The number of alkyl halides is 2. The Balaban J connectivity index is 2.08. The molecule has 0 fully saturated rings. The predicted molar refractivity (Wildman–Crippen MR) is 64.8 cm³/mol. The number of furan rings is 1. The molecule has 0 saturated heterocycles. The molecule has 5 nitrogen and oxygen atoms in total. The Morgan fingerprint density at radius 1 is 1.53 bits per heavy atom. The first-order valence-electron chi connectivity index (χ1n) is 5.99. The highest BCUT2D eigenvalue weighted by molar-refractivity contribution is 5.81. The predicted octanol–water partition coefficient (Wildman–Crippen LogP) is 1.16. The van der Waals surface area contributed by atoms with E-state index in [0.717, 1.165) is 0 Å². The fourth-order valence-electron chi connectivity index (χ4n) is 1.35. The molecule has 108 valence electrons. The van der Waals surface area contributed by atoms with Gasteiger partial charge in [0.2, 0.25) is 5.91 Å². The second kappa shape index (κ2) is 8.60. The lowest BCUT2D eigenvalue weighted by molar-refractivity contribution is -0.123. The van der Waals surface area contributed by atoms with Crippen molar-refractivity contribution in [1.29, 1.82) is 0 Å². The number of carbonyl (C=O) groups is 1. The van der Waals surface area contributed by atoms with Gasteiger partial charge in [0.05, 0.1) is 25.5 Å². The minimum atomic E-state index is -2.46. The third-order valence-electron chi connectivity index (χ3n) is 2.35. The van der Waals surface area contributed by atoms with E-state index in [1.165, 1.54) is 6.26 Å². The smallest absolute Gasteiger partial charge is 0.261 e. The molecule has 0 aliphatic carbocycles. The van der Waals surface area contributed by atoms with Crippen LogP contribution in [0, 0.1) is 0 Å². The highest BCUT2D eigenvalue weighted by atomic mass is 19.3. The van der Waals surface area contributed by atoms with Gasteiger partial charge in [0, 0.05) is 6.54 Å². The van der Waals surface area contributed by atoms with Crippen LogP contribution in [0.3, 0.4) is 0 Å². The summed E-state index contributed by atoms with van der Waals surface area (Å²) in [7, 11) is 0. The molecule has 1 unspecified atom stereocenters. The van der Waals surface area contributed by atoms with E-state index in [1.807, 2.05) is 0 Å². The van der Waals surface area contributed by atoms with E-state index in [2.05, 4.69) is 15.4 Å². The highest BCUT2D eigenvalue weighted by Crippen LogP contribution is 1.98. The van der Waals surface area contributed by atoms with Crippen molar-refractivity contribution in [3.8, 4) is 0 Å². The second-order valence-corrected chi connectivity index (χ2v) is 3.94. The summed E-state index contributed by atoms with van der Waals surface area (Å²) in [6, 6.07) is 3.07. The topological polar surface area (TPSA) is 63.5 Å². The van der Waals surface area contributed by atoms with Gasteiger partial charge in [0.15, 0.2) is 0 Å². The van der Waals surface area contributed by atoms with Crippen LogP contribution < -0.4 is 10.6 Å². The summed E-state index contributed by atoms with van der Waals surface area (Å²) in [6.07, 6.45) is -0.933. The first-order valence-corrected chi connectivity index (χ1v) is 5.99. The molecule has 1 amide bonds. The molecule has 1 rings (SSSR count). The average Bonchev–Trinajstić information content (AvgIpc) is 2.88. The maximum Gasteiger partial charge on any atom is 0.261 e. The van der Waals surface area contributed by atoms with Crippen LogP contribution in [-0.4, -0.2) is 38.1 Å². The van der Waals surface area contributed by atoms with Crippen LogP contribution in [0.5, 0.6) is 0 Å². The Morgan fingerprint density at radius 2 is 2.32 bits per heavy atom. The molecule has 0 radical (unpaired) electrons. The second-order valence-electron chi connectivity index (χ2n) is 3.94. The van der Waals surface area contributed by atoms with Gasteiger partial charge in [-0.1, -0.05) is 0 Å². The SMILES string of the molecule is CC(NCCOCC(F)F)C(=O)NCc1ccco1. The Morgan fingerprint density at radius 3 is 2.95 bits per heavy atom. The number of rotatable bonds is 9. The minimum absolute atomic E-state index is 0.139. The van der Waals surface area contributed by atoms with E-state index in [-0.39, 0.29) is 12.5 Å². The average molecular weight is 276 g/mol. The Bertz CT molecular complexity index is 358. The molecule has 1 atom stereocenters. The van der Waals surface area contributed by atoms with Crippen LogP contribution in [0.2, 0.25) is 0 Å². The van der Waals surface area contributed by atoms with E-state index in [1.54, 1.807) is 19.1 Å². The minimum Gasteiger partial charge on any atom is -0.467 e. The largest absolute Gasteiger partial charge is 0.467 e. The van der Waals surface area contributed by atoms with Gasteiger partial charge in [-0.2, -0.15) is 0 Å². The quantitative estimate of drug-likeness (QED) is 0.664. The monoisotopic (exact) mass is 276 g/mol. The fraction of sp³-hybridized carbons (Fsp3) is 0.583. The van der Waals surface area contributed by atoms with Crippen LogP contribution in [0.25, 0.3) is 0 Å². The van der Waals surface area contributed by atoms with Gasteiger partial charge < -0.3 is 19.8 Å². The molecule has 0 bridgehead atoms. The summed E-state index contributed by atoms with van der Waals surface area (Å²) in [4.78, 5) is 11.6. The van der Waals surface area contributed by atoms with Crippen molar-refractivity contribution in [2.45, 2.75) is 25.9 Å². The first kappa shape index (κ1) is 15.6. The van der Waals surface area contributed by atoms with Crippen molar-refractivity contribution in [2.24, 2.45) is 0 Å². The van der Waals surface area contributed by atoms with Crippen molar-refractivity contribution in [2.75, 3.05) is 19.8 Å². The molecule has 19 heavy (non-hydrogen) atoms. The lowest BCUT2D eigenvalue weighted by Gasteiger charge is -2.13. The van der Waals surface area contributed by atoms with Gasteiger partial charge in [-0.15, -0.1) is 0 Å². The molecule has 0 aliphatic heterocycles. The summed E-state index contributed by atoms with van der Waals surface area (Å²) in [5.74, 6) is 0.478. The molecule has 0 aliphatic rings. The zero-order chi connectivity index (χ0) is 14.1. The van der Waals surface area contributed by atoms with Crippen molar-refractivity contribution in [1.82, 2.24) is 10.6 Å². The molecular formula is C12H18F2N2O3. The van der Waals surface area contributed by atoms with Crippen LogP contribution in [0.15, 0.2) is 22.8 Å². The molecule has 0 aromatic carbocycles. The summed E-state index contributed by atoms with van der Waals surface area (Å²) in [5, 5.41) is 5.56. The number of halogens is 2. The van der Waals surface area contributed by atoms with Crippen molar-refractivity contribution in [3.05, 3.63) is 24.2 Å². The van der Waals surface area contributed by atoms with Crippen LogP contribution in [-0.2, 0) is 16.1 Å². The molecule has 1 heterocycles. The maximum absolute atomic E-state index is 11.8. The Hall–Kier alpha value is -1.47. The summed E-state index contributed by atoms with van der Waals surface area (Å²) in [5.41, 5.74) is 0.